The van der Waals surface area contributed by atoms with Gasteiger partial charge in [-0.1, -0.05) is 24.4 Å². The molecule has 0 spiro atoms. The maximum atomic E-state index is 12.4. The highest BCUT2D eigenvalue weighted by molar-refractivity contribution is 7.80. The van der Waals surface area contributed by atoms with Gasteiger partial charge in [-0.05, 0) is 25.0 Å². The van der Waals surface area contributed by atoms with Gasteiger partial charge < -0.3 is 15.4 Å². The van der Waals surface area contributed by atoms with E-state index >= 15 is 0 Å². The number of anilines is 1. The minimum Gasteiger partial charge on any atom is -0.389 e. The topological polar surface area (TPSA) is 55.6 Å². The summed E-state index contributed by atoms with van der Waals surface area (Å²) >= 11 is 5.03. The van der Waals surface area contributed by atoms with E-state index in [2.05, 4.69) is 0 Å². The molecule has 1 fully saturated rings. The maximum absolute atomic E-state index is 12.4. The molecule has 0 radical (unpaired) electrons. The van der Waals surface area contributed by atoms with Crippen LogP contribution < -0.4 is 10.6 Å². The molecule has 1 aliphatic heterocycles. The Bertz CT molecular complexity index is 484. The van der Waals surface area contributed by atoms with Crippen LogP contribution in [0.25, 0.3) is 0 Å². The molecule has 1 amide bonds. The fourth-order valence-electron chi connectivity index (χ4n) is 2.30. The van der Waals surface area contributed by atoms with Crippen molar-refractivity contribution in [2.75, 3.05) is 25.2 Å². The second-order valence-corrected chi connectivity index (χ2v) is 5.13. The molecule has 1 aromatic carbocycles. The molecule has 1 unspecified atom stereocenters. The van der Waals surface area contributed by atoms with Gasteiger partial charge in [-0.15, -0.1) is 0 Å². The van der Waals surface area contributed by atoms with Crippen LogP contribution in [-0.4, -0.2) is 31.2 Å². The third kappa shape index (κ3) is 3.11. The largest absolute Gasteiger partial charge is 0.389 e. The van der Waals surface area contributed by atoms with E-state index in [-0.39, 0.29) is 11.8 Å². The number of carbonyl (C=O) groups is 1. The number of nitrogens with zero attached hydrogens (tertiary/aromatic N) is 1. The molecule has 0 saturated carbocycles. The van der Waals surface area contributed by atoms with Crippen molar-refractivity contribution in [2.45, 2.75) is 12.8 Å². The number of nitrogens with two attached hydrogens (primary N) is 1. The van der Waals surface area contributed by atoms with Gasteiger partial charge in [0.2, 0.25) is 5.91 Å². The Kier molecular flexibility index (Phi) is 4.50. The minimum atomic E-state index is -0.0712. The smallest absolute Gasteiger partial charge is 0.232 e. The number of benzene rings is 1. The Morgan fingerprint density at radius 1 is 1.47 bits per heavy atom. The third-order valence-electron chi connectivity index (χ3n) is 3.37. The molecule has 1 aliphatic rings. The normalized spacial score (nSPS) is 18.9. The van der Waals surface area contributed by atoms with Gasteiger partial charge in [0, 0.05) is 19.2 Å². The SMILES string of the molecule is CN(C(=O)C1CCCOC1)c1ccccc1C(N)=S. The van der Waals surface area contributed by atoms with E-state index in [1.54, 1.807) is 11.9 Å². The summed E-state index contributed by atoms with van der Waals surface area (Å²) in [5, 5.41) is 0. The molecule has 5 heteroatoms. The zero-order valence-corrected chi connectivity index (χ0v) is 11.8. The van der Waals surface area contributed by atoms with Crippen molar-refractivity contribution in [1.82, 2.24) is 0 Å². The second-order valence-electron chi connectivity index (χ2n) is 4.69. The van der Waals surface area contributed by atoms with Crippen molar-refractivity contribution >= 4 is 28.8 Å². The number of ether oxygens (including phenoxy) is 1. The first-order valence-electron chi connectivity index (χ1n) is 6.35. The molecule has 1 atom stereocenters. The molecular weight excluding hydrogens is 260 g/mol. The maximum Gasteiger partial charge on any atom is 0.232 e. The molecule has 1 heterocycles. The van der Waals surface area contributed by atoms with Crippen molar-refractivity contribution < 1.29 is 9.53 Å². The number of carbonyl (C=O) groups excluding carboxylic acids is 1. The molecule has 4 nitrogen and oxygen atoms in total. The zero-order valence-electron chi connectivity index (χ0n) is 11.0. The fraction of sp³-hybridized carbons (Fsp3) is 0.429. The zero-order chi connectivity index (χ0) is 13.8. The van der Waals surface area contributed by atoms with Gasteiger partial charge in [0.05, 0.1) is 18.2 Å². The van der Waals surface area contributed by atoms with E-state index in [1.807, 2.05) is 24.3 Å². The van der Waals surface area contributed by atoms with Crippen LogP contribution in [-0.2, 0) is 9.53 Å². The van der Waals surface area contributed by atoms with Gasteiger partial charge in [-0.2, -0.15) is 0 Å². The lowest BCUT2D eigenvalue weighted by Crippen LogP contribution is -2.38. The molecular formula is C14H18N2O2S. The van der Waals surface area contributed by atoms with Gasteiger partial charge in [0.1, 0.15) is 4.99 Å². The van der Waals surface area contributed by atoms with Crippen molar-refractivity contribution in [3.8, 4) is 0 Å². The van der Waals surface area contributed by atoms with Crippen molar-refractivity contribution in [1.29, 1.82) is 0 Å². The average molecular weight is 278 g/mol. The predicted octanol–water partition coefficient (Wildman–Crippen LogP) is 1.71. The number of amides is 1. The molecule has 1 aromatic rings. The summed E-state index contributed by atoms with van der Waals surface area (Å²) in [5.41, 5.74) is 7.18. The highest BCUT2D eigenvalue weighted by Crippen LogP contribution is 2.23. The average Bonchev–Trinajstić information content (AvgIpc) is 2.46. The second kappa shape index (κ2) is 6.12. The highest BCUT2D eigenvalue weighted by atomic mass is 32.1. The number of hydrogen-bond acceptors (Lipinski definition) is 3. The van der Waals surface area contributed by atoms with Gasteiger partial charge >= 0.3 is 0 Å². The molecule has 2 rings (SSSR count). The van der Waals surface area contributed by atoms with E-state index < -0.39 is 0 Å². The summed E-state index contributed by atoms with van der Waals surface area (Å²) in [7, 11) is 1.76. The van der Waals surface area contributed by atoms with Crippen LogP contribution >= 0.6 is 12.2 Å². The van der Waals surface area contributed by atoms with E-state index in [9.17, 15) is 4.79 Å². The van der Waals surface area contributed by atoms with Crippen LogP contribution in [0.2, 0.25) is 0 Å². The number of rotatable bonds is 3. The Hall–Kier alpha value is -1.46. The van der Waals surface area contributed by atoms with Crippen LogP contribution in [0.15, 0.2) is 24.3 Å². The summed E-state index contributed by atoms with van der Waals surface area (Å²) in [6, 6.07) is 7.42. The molecule has 0 bridgehead atoms. The summed E-state index contributed by atoms with van der Waals surface area (Å²) < 4.78 is 5.37. The lowest BCUT2D eigenvalue weighted by Gasteiger charge is -2.27. The Labute approximate surface area is 118 Å². The first kappa shape index (κ1) is 14.0. The molecule has 0 aromatic heterocycles. The van der Waals surface area contributed by atoms with E-state index in [0.717, 1.165) is 30.7 Å². The molecule has 0 aliphatic carbocycles. The first-order chi connectivity index (χ1) is 9.11. The summed E-state index contributed by atoms with van der Waals surface area (Å²) in [6.07, 6.45) is 1.81. The molecule has 2 N–H and O–H groups in total. The number of hydrogen-bond donors (Lipinski definition) is 1. The van der Waals surface area contributed by atoms with Crippen LogP contribution in [0.1, 0.15) is 18.4 Å². The van der Waals surface area contributed by atoms with E-state index in [1.165, 1.54) is 0 Å². The summed E-state index contributed by atoms with van der Waals surface area (Å²) in [5.74, 6) is -0.0125. The van der Waals surface area contributed by atoms with Gasteiger partial charge in [-0.25, -0.2) is 0 Å². The Morgan fingerprint density at radius 3 is 2.84 bits per heavy atom. The summed E-state index contributed by atoms with van der Waals surface area (Å²) in [6.45, 7) is 1.25. The quantitative estimate of drug-likeness (QED) is 0.855. The number of para-hydroxylation sites is 1. The summed E-state index contributed by atoms with van der Waals surface area (Å²) in [4.78, 5) is 14.4. The van der Waals surface area contributed by atoms with Crippen LogP contribution in [0.4, 0.5) is 5.69 Å². The monoisotopic (exact) mass is 278 g/mol. The van der Waals surface area contributed by atoms with Crippen LogP contribution in [0.3, 0.4) is 0 Å². The van der Waals surface area contributed by atoms with Crippen molar-refractivity contribution in [3.63, 3.8) is 0 Å². The van der Waals surface area contributed by atoms with E-state index in [0.29, 0.717) is 11.6 Å². The molecule has 102 valence electrons. The van der Waals surface area contributed by atoms with Crippen molar-refractivity contribution in [2.24, 2.45) is 11.7 Å². The van der Waals surface area contributed by atoms with Gasteiger partial charge in [0.15, 0.2) is 0 Å². The Morgan fingerprint density at radius 2 is 2.21 bits per heavy atom. The van der Waals surface area contributed by atoms with Crippen LogP contribution in [0, 0.1) is 5.92 Å². The lowest BCUT2D eigenvalue weighted by atomic mass is 10.00. The van der Waals surface area contributed by atoms with Gasteiger partial charge in [-0.3, -0.25) is 4.79 Å². The third-order valence-corrected chi connectivity index (χ3v) is 3.59. The Balaban J connectivity index is 2.21. The lowest BCUT2D eigenvalue weighted by molar-refractivity contribution is -0.125. The van der Waals surface area contributed by atoms with Crippen LogP contribution in [0.5, 0.6) is 0 Å². The molecule has 1 saturated heterocycles. The van der Waals surface area contributed by atoms with E-state index in [4.69, 9.17) is 22.7 Å². The minimum absolute atomic E-state index is 0.0587. The van der Waals surface area contributed by atoms with Crippen molar-refractivity contribution in [3.05, 3.63) is 29.8 Å². The predicted molar refractivity (Wildman–Crippen MR) is 79.3 cm³/mol. The fourth-order valence-corrected chi connectivity index (χ4v) is 2.48. The molecule has 19 heavy (non-hydrogen) atoms. The number of thiocarbonyl (C=S) groups is 1. The first-order valence-corrected chi connectivity index (χ1v) is 6.76. The van der Waals surface area contributed by atoms with Gasteiger partial charge in [0.25, 0.3) is 0 Å². The highest BCUT2D eigenvalue weighted by Gasteiger charge is 2.26. The standard InChI is InChI=1S/C14H18N2O2S/c1-16(14(17)10-5-4-8-18-9-10)12-7-3-2-6-11(12)13(15)19/h2-3,6-7,10H,4-5,8-9H2,1H3,(H2,15,19).